The van der Waals surface area contributed by atoms with Crippen LogP contribution in [0.15, 0.2) is 24.3 Å². The Kier molecular flexibility index (Phi) is 2.32. The third-order valence-corrected chi connectivity index (χ3v) is 4.62. The summed E-state index contributed by atoms with van der Waals surface area (Å²) in [7, 11) is 0. The predicted molar refractivity (Wildman–Crippen MR) is 66.1 cm³/mol. The highest BCUT2D eigenvalue weighted by Gasteiger charge is 2.44. The smallest absolute Gasteiger partial charge is 0.236 e. The van der Waals surface area contributed by atoms with Crippen LogP contribution in [0.2, 0.25) is 0 Å². The highest BCUT2D eigenvalue weighted by Crippen LogP contribution is 2.42. The quantitative estimate of drug-likeness (QED) is 0.789. The molecule has 1 aromatic rings. The van der Waals surface area contributed by atoms with Gasteiger partial charge in [0.2, 0.25) is 5.91 Å². The van der Waals surface area contributed by atoms with Crippen LogP contribution in [0.5, 0.6) is 0 Å². The second kappa shape index (κ2) is 3.70. The Hall–Kier alpha value is -1.16. The number of carbonyl (C=O) groups is 1. The van der Waals surface area contributed by atoms with E-state index in [0.717, 1.165) is 24.2 Å². The highest BCUT2D eigenvalue weighted by molar-refractivity contribution is 8.02. The number of hydrogen-bond acceptors (Lipinski definition) is 3. The molecule has 3 fully saturated rings. The summed E-state index contributed by atoms with van der Waals surface area (Å²) in [4.78, 5) is 13.9. The number of benzene rings is 1. The van der Waals surface area contributed by atoms with Crippen molar-refractivity contribution < 1.29 is 4.79 Å². The Morgan fingerprint density at radius 3 is 3.00 bits per heavy atom. The molecule has 2 atom stereocenters. The van der Waals surface area contributed by atoms with Crippen LogP contribution >= 0.6 is 11.8 Å². The topological polar surface area (TPSA) is 46.3 Å². The predicted octanol–water partition coefficient (Wildman–Crippen LogP) is 1.49. The molecule has 2 bridgehead atoms. The van der Waals surface area contributed by atoms with Crippen molar-refractivity contribution in [2.24, 2.45) is 0 Å². The van der Waals surface area contributed by atoms with Gasteiger partial charge in [-0.1, -0.05) is 12.1 Å². The summed E-state index contributed by atoms with van der Waals surface area (Å²) in [5.74, 6) is 0.301. The number of anilines is 1. The van der Waals surface area contributed by atoms with Crippen LogP contribution in [-0.4, -0.2) is 27.9 Å². The van der Waals surface area contributed by atoms with E-state index < -0.39 is 0 Å². The van der Waals surface area contributed by atoms with Crippen LogP contribution in [0.4, 0.5) is 5.69 Å². The van der Waals surface area contributed by atoms with Crippen LogP contribution in [0.3, 0.4) is 0 Å². The number of piperidine rings is 1. The van der Waals surface area contributed by atoms with E-state index in [1.165, 1.54) is 0 Å². The number of carbonyl (C=O) groups excluding carboxylic acids is 1. The Morgan fingerprint density at radius 2 is 2.31 bits per heavy atom. The zero-order chi connectivity index (χ0) is 11.1. The minimum Gasteiger partial charge on any atom is -0.399 e. The van der Waals surface area contributed by atoms with Crippen molar-refractivity contribution in [2.45, 2.75) is 23.5 Å². The van der Waals surface area contributed by atoms with Gasteiger partial charge in [0, 0.05) is 24.0 Å². The lowest BCUT2D eigenvalue weighted by molar-refractivity contribution is -0.134. The first kappa shape index (κ1) is 10.0. The zero-order valence-corrected chi connectivity index (χ0v) is 9.74. The van der Waals surface area contributed by atoms with Gasteiger partial charge in [0.25, 0.3) is 0 Å². The van der Waals surface area contributed by atoms with E-state index in [9.17, 15) is 4.79 Å². The second-order valence-corrected chi connectivity index (χ2v) is 5.95. The van der Waals surface area contributed by atoms with Gasteiger partial charge < -0.3 is 10.6 Å². The molecule has 3 nitrogen and oxygen atoms in total. The number of hydrogen-bond donors (Lipinski definition) is 1. The minimum atomic E-state index is 0.236. The SMILES string of the molecule is Nc1cccc(CN2CC3CC(S3)C2=O)c1. The second-order valence-electron chi connectivity index (χ2n) is 4.45. The zero-order valence-electron chi connectivity index (χ0n) is 8.93. The van der Waals surface area contributed by atoms with Crippen LogP contribution < -0.4 is 5.73 Å². The van der Waals surface area contributed by atoms with Gasteiger partial charge in [-0.05, 0) is 24.1 Å². The molecule has 16 heavy (non-hydrogen) atoms. The standard InChI is InChI=1S/C12H14N2OS/c13-9-3-1-2-8(4-9)6-14-7-10-5-11(16-10)12(14)15/h1-4,10-11H,5-7,13H2. The van der Waals surface area contributed by atoms with Crippen LogP contribution in [-0.2, 0) is 11.3 Å². The number of rotatable bonds is 2. The van der Waals surface area contributed by atoms with Gasteiger partial charge in [0.1, 0.15) is 0 Å². The maximum Gasteiger partial charge on any atom is 0.236 e. The minimum absolute atomic E-state index is 0.236. The molecule has 2 N–H and O–H groups in total. The molecule has 0 saturated carbocycles. The third-order valence-electron chi connectivity index (χ3n) is 3.17. The van der Waals surface area contributed by atoms with E-state index in [4.69, 9.17) is 5.73 Å². The fourth-order valence-corrected chi connectivity index (χ4v) is 3.62. The third kappa shape index (κ3) is 1.67. The van der Waals surface area contributed by atoms with Gasteiger partial charge >= 0.3 is 0 Å². The van der Waals surface area contributed by atoms with Crippen molar-refractivity contribution in [2.75, 3.05) is 12.3 Å². The summed E-state index contributed by atoms with van der Waals surface area (Å²) >= 11 is 1.82. The van der Waals surface area contributed by atoms with E-state index in [2.05, 4.69) is 0 Å². The molecular weight excluding hydrogens is 220 g/mol. The van der Waals surface area contributed by atoms with Crippen LogP contribution in [0.1, 0.15) is 12.0 Å². The van der Waals surface area contributed by atoms with E-state index in [-0.39, 0.29) is 5.25 Å². The molecule has 3 aliphatic heterocycles. The Balaban J connectivity index is 1.73. The monoisotopic (exact) mass is 234 g/mol. The molecule has 3 heterocycles. The molecule has 4 rings (SSSR count). The first-order valence-corrected chi connectivity index (χ1v) is 6.45. The Morgan fingerprint density at radius 1 is 1.50 bits per heavy atom. The van der Waals surface area contributed by atoms with E-state index >= 15 is 0 Å². The van der Waals surface area contributed by atoms with Crippen molar-refractivity contribution in [3.8, 4) is 0 Å². The highest BCUT2D eigenvalue weighted by atomic mass is 32.2. The Bertz CT molecular complexity index is 429. The lowest BCUT2D eigenvalue weighted by Gasteiger charge is -2.45. The van der Waals surface area contributed by atoms with Gasteiger partial charge in [-0.25, -0.2) is 0 Å². The number of nitrogens with two attached hydrogens (primary N) is 1. The fourth-order valence-electron chi connectivity index (χ4n) is 2.33. The summed E-state index contributed by atoms with van der Waals surface area (Å²) in [5.41, 5.74) is 7.62. The average Bonchev–Trinajstić information content (AvgIpc) is 2.19. The number of nitrogen functional groups attached to an aromatic ring is 1. The molecule has 1 amide bonds. The summed E-state index contributed by atoms with van der Waals surface area (Å²) in [6.45, 7) is 1.60. The maximum absolute atomic E-state index is 11.9. The van der Waals surface area contributed by atoms with E-state index in [1.807, 2.05) is 40.9 Å². The molecule has 4 heteroatoms. The van der Waals surface area contributed by atoms with E-state index in [1.54, 1.807) is 0 Å². The average molecular weight is 234 g/mol. The van der Waals surface area contributed by atoms with Crippen molar-refractivity contribution in [1.29, 1.82) is 0 Å². The van der Waals surface area contributed by atoms with E-state index in [0.29, 0.717) is 17.7 Å². The molecule has 0 spiro atoms. The van der Waals surface area contributed by atoms with Gasteiger partial charge in [0.05, 0.1) is 5.25 Å². The fraction of sp³-hybridized carbons (Fsp3) is 0.417. The lowest BCUT2D eigenvalue weighted by atomic mass is 10.1. The van der Waals surface area contributed by atoms with Crippen molar-refractivity contribution in [3.63, 3.8) is 0 Å². The van der Waals surface area contributed by atoms with Gasteiger partial charge in [-0.2, -0.15) is 0 Å². The van der Waals surface area contributed by atoms with Crippen molar-refractivity contribution >= 4 is 23.4 Å². The molecular formula is C12H14N2OS. The largest absolute Gasteiger partial charge is 0.399 e. The maximum atomic E-state index is 11.9. The normalized spacial score (nSPS) is 27.8. The molecule has 3 aliphatic rings. The molecule has 2 unspecified atom stereocenters. The molecule has 0 radical (unpaired) electrons. The first-order valence-electron chi connectivity index (χ1n) is 5.51. The summed E-state index contributed by atoms with van der Waals surface area (Å²) in [5, 5.41) is 0.906. The molecule has 0 aliphatic carbocycles. The summed E-state index contributed by atoms with van der Waals surface area (Å²) < 4.78 is 0. The number of thioether (sulfide) groups is 1. The number of fused-ring (bicyclic) bond motifs is 2. The number of nitrogens with zero attached hydrogens (tertiary/aromatic N) is 1. The van der Waals surface area contributed by atoms with Crippen molar-refractivity contribution in [3.05, 3.63) is 29.8 Å². The molecule has 1 aromatic carbocycles. The Labute approximate surface area is 99.0 Å². The van der Waals surface area contributed by atoms with Crippen LogP contribution in [0, 0.1) is 0 Å². The first-order chi connectivity index (χ1) is 7.72. The van der Waals surface area contributed by atoms with Crippen LogP contribution in [0.25, 0.3) is 0 Å². The van der Waals surface area contributed by atoms with Crippen molar-refractivity contribution in [1.82, 2.24) is 4.90 Å². The molecule has 3 saturated heterocycles. The molecule has 84 valence electrons. The number of amides is 1. The summed E-state index contributed by atoms with van der Waals surface area (Å²) in [6, 6.07) is 7.78. The lowest BCUT2D eigenvalue weighted by Crippen LogP contribution is -2.54. The van der Waals surface area contributed by atoms with Gasteiger partial charge in [-0.15, -0.1) is 11.8 Å². The molecule has 0 aromatic heterocycles. The van der Waals surface area contributed by atoms with Gasteiger partial charge in [0.15, 0.2) is 0 Å². The van der Waals surface area contributed by atoms with Gasteiger partial charge in [-0.3, -0.25) is 4.79 Å². The summed E-state index contributed by atoms with van der Waals surface area (Å²) in [6.07, 6.45) is 1.08.